The summed E-state index contributed by atoms with van der Waals surface area (Å²) in [6.07, 6.45) is 11.9. The fraction of sp³-hybridized carbons (Fsp3) is 0.261. The van der Waals surface area contributed by atoms with Gasteiger partial charge in [0.1, 0.15) is 23.0 Å². The third kappa shape index (κ3) is 12.6. The Hall–Kier alpha value is -6.42. The van der Waals surface area contributed by atoms with Crippen molar-refractivity contribution in [2.45, 2.75) is 65.2 Å². The molecule has 0 aliphatic rings. The fourth-order valence-electron chi connectivity index (χ4n) is 5.47. The molecule has 0 fully saturated rings. The number of para-hydroxylation sites is 2. The van der Waals surface area contributed by atoms with E-state index in [1.807, 2.05) is 0 Å². The van der Waals surface area contributed by atoms with E-state index in [9.17, 15) is 19.8 Å². The second-order valence-corrected chi connectivity index (χ2v) is 13.1. The number of aliphatic imine (C=N–C) groups is 2. The van der Waals surface area contributed by atoms with Crippen molar-refractivity contribution in [3.05, 3.63) is 131 Å². The van der Waals surface area contributed by atoms with Gasteiger partial charge in [-0.3, -0.25) is 9.98 Å². The average Bonchev–Trinajstić information content (AvgIpc) is 3.21. The lowest BCUT2D eigenvalue weighted by atomic mass is 10.2. The topological polar surface area (TPSA) is 136 Å². The lowest BCUT2D eigenvalue weighted by Crippen LogP contribution is -2.12. The standard InChI is InChI=1S/C46H48N2O8/c1-3-5-7-11-27-53-39-25-19-35(41(49)29-39)31-47-37-21-15-33(16-22-37)45(51)55-43-13-9-10-14-44(43)56-46(52)34-17-23-38(24-18-34)48-32-36-20-26-40(30-42(36)50)54-28-12-8-6-4-2/h9-10,13-26,29-32,49-50H,3-8,11-12,27-28H2,1-2H3. The smallest absolute Gasteiger partial charge is 0.343 e. The molecule has 5 aromatic rings. The Balaban J connectivity index is 1.12. The molecule has 0 saturated heterocycles. The Bertz CT molecular complexity index is 1940. The summed E-state index contributed by atoms with van der Waals surface area (Å²) in [5.74, 6) is 0.169. The van der Waals surface area contributed by atoms with Crippen molar-refractivity contribution in [2.75, 3.05) is 13.2 Å². The quantitative estimate of drug-likeness (QED) is 0.0347. The number of ether oxygens (including phenoxy) is 4. The van der Waals surface area contributed by atoms with Gasteiger partial charge in [-0.2, -0.15) is 0 Å². The van der Waals surface area contributed by atoms with E-state index in [0.29, 0.717) is 47.2 Å². The van der Waals surface area contributed by atoms with Crippen LogP contribution in [-0.4, -0.2) is 47.8 Å². The van der Waals surface area contributed by atoms with Gasteiger partial charge < -0.3 is 29.2 Å². The van der Waals surface area contributed by atoms with Gasteiger partial charge in [-0.15, -0.1) is 0 Å². The number of rotatable bonds is 20. The molecule has 0 unspecified atom stereocenters. The normalized spacial score (nSPS) is 11.2. The predicted octanol–water partition coefficient (Wildman–Crippen LogP) is 11.0. The zero-order valence-electron chi connectivity index (χ0n) is 31.9. The van der Waals surface area contributed by atoms with Gasteiger partial charge in [0.05, 0.1) is 35.7 Å². The molecule has 0 spiro atoms. The van der Waals surface area contributed by atoms with E-state index >= 15 is 0 Å². The van der Waals surface area contributed by atoms with Crippen LogP contribution in [0, 0.1) is 0 Å². The summed E-state index contributed by atoms with van der Waals surface area (Å²) >= 11 is 0. The molecule has 0 aromatic heterocycles. The monoisotopic (exact) mass is 756 g/mol. The number of benzene rings is 5. The van der Waals surface area contributed by atoms with Crippen molar-refractivity contribution in [2.24, 2.45) is 9.98 Å². The van der Waals surface area contributed by atoms with Gasteiger partial charge in [0.2, 0.25) is 0 Å². The number of esters is 2. The molecule has 0 aliphatic heterocycles. The lowest BCUT2D eigenvalue weighted by Gasteiger charge is -2.10. The second-order valence-electron chi connectivity index (χ2n) is 13.1. The molecule has 0 bridgehead atoms. The number of unbranched alkanes of at least 4 members (excludes halogenated alkanes) is 6. The minimum atomic E-state index is -0.648. The van der Waals surface area contributed by atoms with Crippen LogP contribution < -0.4 is 18.9 Å². The summed E-state index contributed by atoms with van der Waals surface area (Å²) in [5, 5.41) is 20.9. The first-order valence-electron chi connectivity index (χ1n) is 19.1. The molecule has 56 heavy (non-hydrogen) atoms. The van der Waals surface area contributed by atoms with E-state index in [1.54, 1.807) is 97.1 Å². The maximum atomic E-state index is 13.0. The molecule has 10 nitrogen and oxygen atoms in total. The van der Waals surface area contributed by atoms with Crippen LogP contribution in [0.3, 0.4) is 0 Å². The Morgan fingerprint density at radius 1 is 0.536 bits per heavy atom. The van der Waals surface area contributed by atoms with Gasteiger partial charge >= 0.3 is 11.9 Å². The number of hydrogen-bond acceptors (Lipinski definition) is 10. The highest BCUT2D eigenvalue weighted by atomic mass is 16.6. The average molecular weight is 757 g/mol. The van der Waals surface area contributed by atoms with Crippen LogP contribution >= 0.6 is 0 Å². The van der Waals surface area contributed by atoms with Crippen LogP contribution in [0.5, 0.6) is 34.5 Å². The highest BCUT2D eigenvalue weighted by Gasteiger charge is 2.16. The number of hydrogen-bond donors (Lipinski definition) is 2. The summed E-state index contributed by atoms with van der Waals surface area (Å²) in [7, 11) is 0. The molecule has 0 aliphatic carbocycles. The summed E-state index contributed by atoms with van der Waals surface area (Å²) < 4.78 is 22.7. The van der Waals surface area contributed by atoms with Gasteiger partial charge in [0.15, 0.2) is 11.5 Å². The highest BCUT2D eigenvalue weighted by molar-refractivity contribution is 5.94. The van der Waals surface area contributed by atoms with Gasteiger partial charge in [-0.05, 0) is 97.8 Å². The summed E-state index contributed by atoms with van der Waals surface area (Å²) in [6, 6.07) is 29.5. The zero-order valence-corrected chi connectivity index (χ0v) is 31.9. The number of carbonyl (C=O) groups is 2. The van der Waals surface area contributed by atoms with Gasteiger partial charge in [-0.1, -0.05) is 64.5 Å². The number of carbonyl (C=O) groups excluding carboxylic acids is 2. The van der Waals surface area contributed by atoms with Crippen LogP contribution in [-0.2, 0) is 0 Å². The Morgan fingerprint density at radius 2 is 0.946 bits per heavy atom. The van der Waals surface area contributed by atoms with Crippen LogP contribution in [0.1, 0.15) is 97.1 Å². The molecule has 0 radical (unpaired) electrons. The molecule has 10 heteroatoms. The summed E-state index contributed by atoms with van der Waals surface area (Å²) in [4.78, 5) is 34.9. The van der Waals surface area contributed by atoms with Crippen LogP contribution in [0.4, 0.5) is 11.4 Å². The van der Waals surface area contributed by atoms with Crippen molar-refractivity contribution < 1.29 is 38.7 Å². The fourth-order valence-corrected chi connectivity index (χ4v) is 5.47. The van der Waals surface area contributed by atoms with Gasteiger partial charge in [-0.25, -0.2) is 9.59 Å². The van der Waals surface area contributed by atoms with Crippen molar-refractivity contribution in [3.63, 3.8) is 0 Å². The minimum absolute atomic E-state index is 0.0551. The second kappa shape index (κ2) is 21.5. The van der Waals surface area contributed by atoms with E-state index in [2.05, 4.69) is 23.8 Å². The maximum Gasteiger partial charge on any atom is 0.343 e. The van der Waals surface area contributed by atoms with E-state index in [-0.39, 0.29) is 34.1 Å². The van der Waals surface area contributed by atoms with E-state index in [1.165, 1.54) is 37.4 Å². The molecule has 0 atom stereocenters. The molecular formula is C46H48N2O8. The Kier molecular flexibility index (Phi) is 15.6. The third-order valence-electron chi connectivity index (χ3n) is 8.70. The lowest BCUT2D eigenvalue weighted by molar-refractivity contribution is 0.0682. The predicted molar refractivity (Wildman–Crippen MR) is 219 cm³/mol. The molecule has 5 rings (SSSR count). The van der Waals surface area contributed by atoms with Gasteiger partial charge in [0.25, 0.3) is 0 Å². The molecule has 0 saturated carbocycles. The summed E-state index contributed by atoms with van der Waals surface area (Å²) in [5.41, 5.74) is 2.71. The molecular weight excluding hydrogens is 709 g/mol. The number of nitrogens with zero attached hydrogens (tertiary/aromatic N) is 2. The van der Waals surface area contributed by atoms with Crippen molar-refractivity contribution >= 4 is 35.7 Å². The first kappa shape index (κ1) is 40.8. The summed E-state index contributed by atoms with van der Waals surface area (Å²) in [6.45, 7) is 5.53. The van der Waals surface area contributed by atoms with Crippen molar-refractivity contribution in [3.8, 4) is 34.5 Å². The zero-order chi connectivity index (χ0) is 39.5. The van der Waals surface area contributed by atoms with Crippen LogP contribution in [0.25, 0.3) is 0 Å². The van der Waals surface area contributed by atoms with E-state index in [4.69, 9.17) is 18.9 Å². The number of aromatic hydroxyl groups is 2. The Labute approximate surface area is 328 Å². The Morgan fingerprint density at radius 3 is 1.32 bits per heavy atom. The molecule has 0 amide bonds. The van der Waals surface area contributed by atoms with Crippen molar-refractivity contribution in [1.82, 2.24) is 0 Å². The van der Waals surface area contributed by atoms with Crippen molar-refractivity contribution in [1.29, 1.82) is 0 Å². The highest BCUT2D eigenvalue weighted by Crippen LogP contribution is 2.30. The van der Waals surface area contributed by atoms with Crippen LogP contribution in [0.2, 0.25) is 0 Å². The van der Waals surface area contributed by atoms with E-state index < -0.39 is 11.9 Å². The SMILES string of the molecule is CCCCCCOc1ccc(C=Nc2ccc(C(=O)Oc3ccccc3OC(=O)c3ccc(N=Cc4ccc(OCCCCCC)cc4O)cc3)cc2)c(O)c1. The molecule has 0 heterocycles. The van der Waals surface area contributed by atoms with E-state index in [0.717, 1.165) is 38.5 Å². The van der Waals surface area contributed by atoms with Crippen LogP contribution in [0.15, 0.2) is 119 Å². The first-order valence-corrected chi connectivity index (χ1v) is 19.1. The third-order valence-corrected chi connectivity index (χ3v) is 8.70. The number of phenols is 2. The molecule has 290 valence electrons. The molecule has 5 aromatic carbocycles. The maximum absolute atomic E-state index is 13.0. The molecule has 2 N–H and O–H groups in total. The number of phenolic OH excluding ortho intramolecular Hbond substituents is 2. The minimum Gasteiger partial charge on any atom is -0.507 e. The van der Waals surface area contributed by atoms with Gasteiger partial charge in [0, 0.05) is 35.7 Å². The largest absolute Gasteiger partial charge is 0.507 e. The first-order chi connectivity index (χ1) is 27.3.